The predicted octanol–water partition coefficient (Wildman–Crippen LogP) is 5.89. The molecule has 2 atom stereocenters. The third-order valence-corrected chi connectivity index (χ3v) is 8.42. The second-order valence-corrected chi connectivity index (χ2v) is 10.3. The molecule has 1 saturated carbocycles. The van der Waals surface area contributed by atoms with Crippen molar-refractivity contribution < 1.29 is 14.6 Å². The van der Waals surface area contributed by atoms with Gasteiger partial charge in [0.25, 0.3) is 0 Å². The van der Waals surface area contributed by atoms with E-state index in [9.17, 15) is 15.2 Å². The van der Waals surface area contributed by atoms with Crippen LogP contribution in [-0.2, 0) is 11.3 Å². The third-order valence-electron chi connectivity index (χ3n) is 8.42. The number of benzene rings is 2. The van der Waals surface area contributed by atoms with Crippen molar-refractivity contribution in [1.29, 1.82) is 5.26 Å². The summed E-state index contributed by atoms with van der Waals surface area (Å²) in [7, 11) is 0. The number of hydrogen-bond acceptors (Lipinski definition) is 4. The highest BCUT2D eigenvalue weighted by atomic mass is 16.5. The van der Waals surface area contributed by atoms with Crippen molar-refractivity contribution in [3.8, 4) is 11.8 Å². The average molecular weight is 447 g/mol. The maximum Gasteiger partial charge on any atom is 0.306 e. The molecule has 1 N–H and O–H groups in total. The lowest BCUT2D eigenvalue weighted by Crippen LogP contribution is -2.44. The fourth-order valence-corrected chi connectivity index (χ4v) is 6.44. The normalized spacial score (nSPS) is 29.6. The molecular formula is C28H34N2O3. The van der Waals surface area contributed by atoms with Crippen LogP contribution in [-0.4, -0.2) is 34.2 Å². The van der Waals surface area contributed by atoms with Gasteiger partial charge in [-0.05, 0) is 80.4 Å². The van der Waals surface area contributed by atoms with E-state index in [-0.39, 0.29) is 12.0 Å². The molecule has 2 saturated heterocycles. The summed E-state index contributed by atoms with van der Waals surface area (Å²) in [6.07, 6.45) is 9.67. The number of carboxylic acids is 1. The molecular weight excluding hydrogens is 412 g/mol. The Morgan fingerprint density at radius 3 is 2.42 bits per heavy atom. The van der Waals surface area contributed by atoms with E-state index in [1.54, 1.807) is 0 Å². The van der Waals surface area contributed by atoms with Crippen molar-refractivity contribution in [2.45, 2.75) is 89.4 Å². The number of rotatable bonds is 6. The molecule has 2 heterocycles. The molecule has 5 rings (SSSR count). The Bertz CT molecular complexity index is 1050. The minimum Gasteiger partial charge on any atom is -0.489 e. The molecule has 2 aliphatic heterocycles. The zero-order valence-electron chi connectivity index (χ0n) is 19.5. The number of nitriles is 1. The van der Waals surface area contributed by atoms with Gasteiger partial charge in [0, 0.05) is 24.0 Å². The van der Waals surface area contributed by atoms with Gasteiger partial charge in [-0.25, -0.2) is 0 Å². The van der Waals surface area contributed by atoms with E-state index in [2.05, 4.69) is 42.2 Å². The lowest BCUT2D eigenvalue weighted by Gasteiger charge is -2.37. The summed E-state index contributed by atoms with van der Waals surface area (Å²) in [6, 6.07) is 13.6. The monoisotopic (exact) mass is 446 g/mol. The average Bonchev–Trinajstić information content (AvgIpc) is 3.05. The summed E-state index contributed by atoms with van der Waals surface area (Å²) >= 11 is 0. The number of ether oxygens (including phenoxy) is 1. The zero-order chi connectivity index (χ0) is 22.9. The Balaban J connectivity index is 1.35. The summed E-state index contributed by atoms with van der Waals surface area (Å²) in [4.78, 5) is 14.0. The molecule has 174 valence electrons. The molecule has 0 aromatic heterocycles. The number of carboxylic acid groups (broad SMARTS) is 1. The Morgan fingerprint density at radius 1 is 1.09 bits per heavy atom. The van der Waals surface area contributed by atoms with E-state index in [4.69, 9.17) is 4.74 Å². The molecule has 1 aliphatic carbocycles. The van der Waals surface area contributed by atoms with E-state index >= 15 is 0 Å². The minimum absolute atomic E-state index is 0.201. The van der Waals surface area contributed by atoms with Gasteiger partial charge in [0.2, 0.25) is 0 Å². The molecule has 33 heavy (non-hydrogen) atoms. The Kier molecular flexibility index (Phi) is 6.29. The van der Waals surface area contributed by atoms with Gasteiger partial charge in [0.05, 0.1) is 12.0 Å². The highest BCUT2D eigenvalue weighted by molar-refractivity contribution is 5.90. The zero-order valence-corrected chi connectivity index (χ0v) is 19.5. The van der Waals surface area contributed by atoms with Crippen molar-refractivity contribution in [1.82, 2.24) is 4.90 Å². The summed E-state index contributed by atoms with van der Waals surface area (Å²) in [6.45, 7) is 3.08. The van der Waals surface area contributed by atoms with Gasteiger partial charge >= 0.3 is 5.97 Å². The van der Waals surface area contributed by atoms with Gasteiger partial charge in [0.15, 0.2) is 0 Å². The smallest absolute Gasteiger partial charge is 0.306 e. The molecule has 2 unspecified atom stereocenters. The largest absolute Gasteiger partial charge is 0.489 e. The molecule has 0 spiro atoms. The van der Waals surface area contributed by atoms with Crippen LogP contribution < -0.4 is 4.74 Å². The quantitative estimate of drug-likeness (QED) is 0.599. The Hall–Kier alpha value is -2.58. The van der Waals surface area contributed by atoms with Crippen molar-refractivity contribution in [3.63, 3.8) is 0 Å². The van der Waals surface area contributed by atoms with Gasteiger partial charge < -0.3 is 9.84 Å². The number of carbonyl (C=O) groups is 1. The standard InChI is InChI=1S/C28H34N2O3/c1-2-18-4-10-24(11-5-18)33-27-12-7-20-6-3-19(13-25(20)26(27)16-29)17-30-22-8-9-23(30)15-21(14-22)28(31)32/h3,6-7,12-13,18,21-24H,2,4-5,8-11,14-15,17H2,1H3,(H,31,32). The van der Waals surface area contributed by atoms with E-state index in [0.29, 0.717) is 23.4 Å². The Labute approximate surface area is 196 Å². The second kappa shape index (κ2) is 9.35. The fraction of sp³-hybridized carbons (Fsp3) is 0.571. The van der Waals surface area contributed by atoms with E-state index in [1.165, 1.54) is 24.8 Å². The SMILES string of the molecule is CCC1CCC(Oc2ccc3ccc(CN4C5CCC4CC(C(=O)O)C5)cc3c2C#N)CC1. The number of hydrogen-bond donors (Lipinski definition) is 1. The first kappa shape index (κ1) is 22.2. The fourth-order valence-electron chi connectivity index (χ4n) is 6.44. The first-order valence-electron chi connectivity index (χ1n) is 12.7. The van der Waals surface area contributed by atoms with Crippen molar-refractivity contribution in [2.24, 2.45) is 11.8 Å². The molecule has 3 fully saturated rings. The van der Waals surface area contributed by atoms with Gasteiger partial charge in [-0.15, -0.1) is 0 Å². The van der Waals surface area contributed by atoms with Crippen LogP contribution in [0.4, 0.5) is 0 Å². The van der Waals surface area contributed by atoms with Gasteiger partial charge in [-0.1, -0.05) is 31.5 Å². The van der Waals surface area contributed by atoms with E-state index in [0.717, 1.165) is 61.8 Å². The molecule has 5 heteroatoms. The van der Waals surface area contributed by atoms with E-state index in [1.807, 2.05) is 6.07 Å². The lowest BCUT2D eigenvalue weighted by molar-refractivity contribution is -0.144. The van der Waals surface area contributed by atoms with Gasteiger partial charge in [-0.3, -0.25) is 9.69 Å². The third kappa shape index (κ3) is 4.46. The molecule has 2 bridgehead atoms. The summed E-state index contributed by atoms with van der Waals surface area (Å²) in [5.41, 5.74) is 1.82. The molecule has 2 aromatic carbocycles. The Morgan fingerprint density at radius 2 is 1.79 bits per heavy atom. The van der Waals surface area contributed by atoms with Crippen molar-refractivity contribution in [2.75, 3.05) is 0 Å². The summed E-state index contributed by atoms with van der Waals surface area (Å²) in [5, 5.41) is 21.5. The van der Waals surface area contributed by atoms with Crippen LogP contribution in [0.15, 0.2) is 30.3 Å². The lowest BCUT2D eigenvalue weighted by atomic mass is 9.86. The van der Waals surface area contributed by atoms with Crippen LogP contribution in [0, 0.1) is 23.2 Å². The molecule has 3 aliphatic rings. The van der Waals surface area contributed by atoms with Crippen LogP contribution in [0.2, 0.25) is 0 Å². The van der Waals surface area contributed by atoms with Gasteiger partial charge in [0.1, 0.15) is 17.4 Å². The first-order chi connectivity index (χ1) is 16.1. The summed E-state index contributed by atoms with van der Waals surface area (Å²) < 4.78 is 6.36. The van der Waals surface area contributed by atoms with Crippen molar-refractivity contribution >= 4 is 16.7 Å². The molecule has 2 aromatic rings. The molecule has 5 nitrogen and oxygen atoms in total. The predicted molar refractivity (Wildman–Crippen MR) is 128 cm³/mol. The van der Waals surface area contributed by atoms with Crippen molar-refractivity contribution in [3.05, 3.63) is 41.5 Å². The van der Waals surface area contributed by atoms with Crippen LogP contribution in [0.3, 0.4) is 0 Å². The first-order valence-corrected chi connectivity index (χ1v) is 12.7. The maximum atomic E-state index is 11.5. The van der Waals surface area contributed by atoms with Crippen LogP contribution in [0.5, 0.6) is 5.75 Å². The summed E-state index contributed by atoms with van der Waals surface area (Å²) in [5.74, 6) is 0.680. The minimum atomic E-state index is -0.647. The highest BCUT2D eigenvalue weighted by Crippen LogP contribution is 2.40. The topological polar surface area (TPSA) is 73.6 Å². The second-order valence-electron chi connectivity index (χ2n) is 10.3. The maximum absolute atomic E-state index is 11.5. The highest BCUT2D eigenvalue weighted by Gasteiger charge is 2.42. The number of piperidine rings is 1. The number of fused-ring (bicyclic) bond motifs is 3. The van der Waals surface area contributed by atoms with Gasteiger partial charge in [-0.2, -0.15) is 5.26 Å². The van der Waals surface area contributed by atoms with Crippen LogP contribution >= 0.6 is 0 Å². The number of nitrogens with zero attached hydrogens (tertiary/aromatic N) is 2. The van der Waals surface area contributed by atoms with Crippen LogP contribution in [0.25, 0.3) is 10.8 Å². The molecule has 0 amide bonds. The number of aliphatic carboxylic acids is 1. The molecule has 0 radical (unpaired) electrons. The van der Waals surface area contributed by atoms with E-state index < -0.39 is 5.97 Å². The van der Waals surface area contributed by atoms with Crippen LogP contribution in [0.1, 0.15) is 75.8 Å².